The third kappa shape index (κ3) is 4.80. The van der Waals surface area contributed by atoms with Gasteiger partial charge in [-0.25, -0.2) is 9.69 Å². The molecule has 1 amide bonds. The van der Waals surface area contributed by atoms with Crippen molar-refractivity contribution in [2.75, 3.05) is 16.8 Å². The monoisotopic (exact) mass is 433 g/mol. The summed E-state index contributed by atoms with van der Waals surface area (Å²) in [6.07, 6.45) is 0.331. The maximum absolute atomic E-state index is 12.2. The summed E-state index contributed by atoms with van der Waals surface area (Å²) in [7, 11) is 0. The zero-order valence-corrected chi connectivity index (χ0v) is 18.7. The molecule has 1 aliphatic heterocycles. The van der Waals surface area contributed by atoms with Crippen molar-refractivity contribution in [3.8, 4) is 11.5 Å². The molecule has 0 unspecified atom stereocenters. The Hall–Kier alpha value is -3.68. The molecule has 8 heteroatoms. The van der Waals surface area contributed by atoms with E-state index in [1.807, 2.05) is 69.3 Å². The number of aryl methyl sites for hydroxylation is 2. The van der Waals surface area contributed by atoms with Gasteiger partial charge >= 0.3 is 6.09 Å². The first-order valence-electron chi connectivity index (χ1n) is 10.7. The summed E-state index contributed by atoms with van der Waals surface area (Å²) in [5.41, 5.74) is 2.24. The van der Waals surface area contributed by atoms with Gasteiger partial charge in [0.05, 0.1) is 12.1 Å². The van der Waals surface area contributed by atoms with E-state index in [-0.39, 0.29) is 12.1 Å². The Morgan fingerprint density at radius 2 is 1.72 bits per heavy atom. The highest BCUT2D eigenvalue weighted by atomic mass is 16.6. The minimum absolute atomic E-state index is 0.0643. The van der Waals surface area contributed by atoms with Crippen molar-refractivity contribution in [1.29, 1.82) is 0 Å². The smallest absolute Gasteiger partial charge is 0.417 e. The largest absolute Gasteiger partial charge is 0.457 e. The Morgan fingerprint density at radius 3 is 2.38 bits per heavy atom. The van der Waals surface area contributed by atoms with Crippen molar-refractivity contribution in [1.82, 2.24) is 15.0 Å². The van der Waals surface area contributed by atoms with E-state index in [4.69, 9.17) is 9.47 Å². The Labute approximate surface area is 187 Å². The second-order valence-corrected chi connectivity index (χ2v) is 7.87. The highest BCUT2D eigenvalue weighted by Gasteiger charge is 2.35. The lowest BCUT2D eigenvalue weighted by atomic mass is 10.1. The van der Waals surface area contributed by atoms with Crippen LogP contribution in [-0.4, -0.2) is 33.7 Å². The molecule has 166 valence electrons. The van der Waals surface area contributed by atoms with E-state index in [2.05, 4.69) is 20.3 Å². The maximum Gasteiger partial charge on any atom is 0.417 e. The van der Waals surface area contributed by atoms with Gasteiger partial charge in [-0.3, -0.25) is 0 Å². The number of carbonyl (C=O) groups excluding carboxylic acids is 1. The van der Waals surface area contributed by atoms with Gasteiger partial charge in [-0.05, 0) is 57.0 Å². The first-order chi connectivity index (χ1) is 15.4. The molecule has 2 heterocycles. The van der Waals surface area contributed by atoms with Crippen LogP contribution in [0.4, 0.5) is 16.7 Å². The fraction of sp³-hybridized carbons (Fsp3) is 0.333. The third-order valence-electron chi connectivity index (χ3n) is 5.37. The Kier molecular flexibility index (Phi) is 6.20. The number of ether oxygens (including phenoxy) is 2. The lowest BCUT2D eigenvalue weighted by Crippen LogP contribution is -2.34. The van der Waals surface area contributed by atoms with E-state index in [0.717, 1.165) is 23.5 Å². The van der Waals surface area contributed by atoms with Gasteiger partial charge < -0.3 is 14.8 Å². The minimum atomic E-state index is -0.425. The molecule has 32 heavy (non-hydrogen) atoms. The average Bonchev–Trinajstić information content (AvgIpc) is 3.16. The number of nitrogens with zero attached hydrogens (tertiary/aromatic N) is 4. The van der Waals surface area contributed by atoms with Crippen LogP contribution >= 0.6 is 0 Å². The van der Waals surface area contributed by atoms with E-state index >= 15 is 0 Å². The second kappa shape index (κ2) is 9.21. The van der Waals surface area contributed by atoms with Crippen LogP contribution in [0.15, 0.2) is 48.5 Å². The van der Waals surface area contributed by atoms with Gasteiger partial charge in [-0.2, -0.15) is 15.0 Å². The highest BCUT2D eigenvalue weighted by Crippen LogP contribution is 2.26. The molecule has 1 aromatic heterocycles. The van der Waals surface area contributed by atoms with E-state index in [0.29, 0.717) is 24.3 Å². The molecule has 0 saturated carbocycles. The Morgan fingerprint density at radius 1 is 1.06 bits per heavy atom. The number of carbonyl (C=O) groups is 1. The first-order valence-corrected chi connectivity index (χ1v) is 10.7. The number of amides is 1. The maximum atomic E-state index is 12.2. The normalized spacial score (nSPS) is 16.6. The highest BCUT2D eigenvalue weighted by molar-refractivity contribution is 5.88. The average molecular weight is 434 g/mol. The van der Waals surface area contributed by atoms with E-state index in [9.17, 15) is 4.79 Å². The minimum Gasteiger partial charge on any atom is -0.457 e. The zero-order valence-electron chi connectivity index (χ0n) is 18.7. The molecule has 4 rings (SSSR count). The number of anilines is 2. The van der Waals surface area contributed by atoms with Gasteiger partial charge in [0, 0.05) is 0 Å². The summed E-state index contributed by atoms with van der Waals surface area (Å²) in [5.74, 6) is 2.81. The van der Waals surface area contributed by atoms with Crippen molar-refractivity contribution in [2.24, 2.45) is 0 Å². The molecule has 2 aromatic carbocycles. The van der Waals surface area contributed by atoms with E-state index in [1.54, 1.807) is 6.92 Å². The van der Waals surface area contributed by atoms with Crippen LogP contribution in [0, 0.1) is 13.8 Å². The van der Waals surface area contributed by atoms with Crippen molar-refractivity contribution >= 4 is 18.0 Å². The van der Waals surface area contributed by atoms with Crippen LogP contribution in [0.1, 0.15) is 43.3 Å². The predicted octanol–water partition coefficient (Wildman–Crippen LogP) is 5.19. The van der Waals surface area contributed by atoms with Crippen LogP contribution < -0.4 is 15.0 Å². The summed E-state index contributed by atoms with van der Waals surface area (Å²) >= 11 is 0. The summed E-state index contributed by atoms with van der Waals surface area (Å²) < 4.78 is 11.1. The number of rotatable bonds is 7. The molecular weight excluding hydrogens is 406 g/mol. The van der Waals surface area contributed by atoms with Gasteiger partial charge in [-0.15, -0.1) is 0 Å². The van der Waals surface area contributed by atoms with Gasteiger partial charge in [-0.1, -0.05) is 36.8 Å². The third-order valence-corrected chi connectivity index (χ3v) is 5.37. The molecule has 1 N–H and O–H groups in total. The van der Waals surface area contributed by atoms with Crippen molar-refractivity contribution < 1.29 is 14.3 Å². The molecule has 1 fully saturated rings. The summed E-state index contributed by atoms with van der Waals surface area (Å²) in [6, 6.07) is 15.7. The summed E-state index contributed by atoms with van der Waals surface area (Å²) in [6.45, 7) is 8.19. The number of aromatic nitrogens is 3. The van der Waals surface area contributed by atoms with Crippen molar-refractivity contribution in [3.63, 3.8) is 0 Å². The van der Waals surface area contributed by atoms with Gasteiger partial charge in [0.25, 0.3) is 0 Å². The van der Waals surface area contributed by atoms with Crippen molar-refractivity contribution in [2.45, 2.75) is 46.2 Å². The topological polar surface area (TPSA) is 89.5 Å². The first kappa shape index (κ1) is 21.5. The predicted molar refractivity (Wildman–Crippen MR) is 122 cm³/mol. The number of benzene rings is 2. The van der Waals surface area contributed by atoms with Crippen LogP contribution in [0.5, 0.6) is 11.5 Å². The quantitative estimate of drug-likeness (QED) is 0.548. The molecule has 1 aliphatic rings. The fourth-order valence-corrected chi connectivity index (χ4v) is 3.49. The molecule has 0 spiro atoms. The molecule has 2 atom stereocenters. The summed E-state index contributed by atoms with van der Waals surface area (Å²) in [4.78, 5) is 26.9. The van der Waals surface area contributed by atoms with Crippen LogP contribution in [0.2, 0.25) is 0 Å². The summed E-state index contributed by atoms with van der Waals surface area (Å²) in [5, 5.41) is 3.30. The van der Waals surface area contributed by atoms with Crippen LogP contribution in [-0.2, 0) is 4.74 Å². The number of cyclic esters (lactones) is 1. The standard InChI is InChI=1S/C24H27N5O3/c1-5-19-14-31-24(30)29(19)23-27-17(4)26-22(28-23)25-16(3)18-8-12-21(13-9-18)32-20-10-6-15(2)7-11-20/h6-13,16,19H,5,14H2,1-4H3,(H,25,26,27,28)/t16-,19-/m0/s1. The molecular formula is C24H27N5O3. The van der Waals surface area contributed by atoms with Gasteiger partial charge in [0.1, 0.15) is 23.9 Å². The fourth-order valence-electron chi connectivity index (χ4n) is 3.49. The Balaban J connectivity index is 1.46. The van der Waals surface area contributed by atoms with E-state index in [1.165, 1.54) is 10.5 Å². The van der Waals surface area contributed by atoms with Crippen LogP contribution in [0.3, 0.4) is 0 Å². The number of hydrogen-bond donors (Lipinski definition) is 1. The van der Waals surface area contributed by atoms with Crippen molar-refractivity contribution in [3.05, 3.63) is 65.5 Å². The molecule has 8 nitrogen and oxygen atoms in total. The second-order valence-electron chi connectivity index (χ2n) is 7.87. The van der Waals surface area contributed by atoms with Crippen LogP contribution in [0.25, 0.3) is 0 Å². The van der Waals surface area contributed by atoms with E-state index < -0.39 is 6.09 Å². The zero-order chi connectivity index (χ0) is 22.7. The SMILES string of the molecule is CC[C@H]1COC(=O)N1c1nc(C)nc(N[C@@H](C)c2ccc(Oc3ccc(C)cc3)cc2)n1. The molecule has 1 saturated heterocycles. The Bertz CT molecular complexity index is 1090. The van der Waals surface area contributed by atoms with Gasteiger partial charge in [0.2, 0.25) is 11.9 Å². The lowest BCUT2D eigenvalue weighted by Gasteiger charge is -2.20. The van der Waals surface area contributed by atoms with Gasteiger partial charge in [0.15, 0.2) is 0 Å². The number of hydrogen-bond acceptors (Lipinski definition) is 7. The molecule has 0 radical (unpaired) electrons. The molecule has 3 aromatic rings. The number of nitrogens with one attached hydrogen (secondary N) is 1. The lowest BCUT2D eigenvalue weighted by molar-refractivity contribution is 0.178. The molecule has 0 aliphatic carbocycles. The molecule has 0 bridgehead atoms.